The minimum atomic E-state index is -1.69. The Hall–Kier alpha value is -1.46. The summed E-state index contributed by atoms with van der Waals surface area (Å²) < 4.78 is 12.4. The molecule has 1 aromatic heterocycles. The second kappa shape index (κ2) is 2.88. The topological polar surface area (TPSA) is 68.0 Å². The molecular formula is C6H8FN3O2. The summed E-state index contributed by atoms with van der Waals surface area (Å²) in [7, 11) is 0. The minimum absolute atomic E-state index is 0.843. The van der Waals surface area contributed by atoms with E-state index in [0.717, 1.165) is 4.80 Å². The molecule has 0 saturated carbocycles. The minimum Gasteiger partial charge on any atom is -0.479 e. The van der Waals surface area contributed by atoms with E-state index in [2.05, 4.69) is 10.2 Å². The first-order valence-electron chi connectivity index (χ1n) is 3.27. The molecule has 0 spiro atoms. The van der Waals surface area contributed by atoms with E-state index >= 15 is 0 Å². The lowest BCUT2D eigenvalue weighted by Gasteiger charge is -2.19. The molecule has 1 heterocycles. The molecule has 0 radical (unpaired) electrons. The monoisotopic (exact) mass is 173 g/mol. The number of nitrogens with zero attached hydrogens (tertiary/aromatic N) is 3. The Labute approximate surface area is 67.8 Å². The third-order valence-corrected chi connectivity index (χ3v) is 1.58. The van der Waals surface area contributed by atoms with Crippen molar-refractivity contribution < 1.29 is 14.3 Å². The van der Waals surface area contributed by atoms with Crippen molar-refractivity contribution in [2.75, 3.05) is 6.67 Å². The lowest BCUT2D eigenvalue weighted by Crippen LogP contribution is -2.42. The fourth-order valence-corrected chi connectivity index (χ4v) is 0.667. The molecule has 1 atom stereocenters. The van der Waals surface area contributed by atoms with Gasteiger partial charge in [-0.05, 0) is 6.92 Å². The number of carboxylic acid groups (broad SMARTS) is 1. The first-order valence-corrected chi connectivity index (χ1v) is 3.27. The second-order valence-electron chi connectivity index (χ2n) is 2.53. The standard InChI is InChI=1S/C6H8FN3O2/c1-6(4-7,5(11)12)10-8-2-3-9-10/h2-3H,4H2,1H3,(H,11,12). The summed E-state index contributed by atoms with van der Waals surface area (Å²) in [5.74, 6) is -1.29. The van der Waals surface area contributed by atoms with E-state index in [9.17, 15) is 9.18 Å². The third-order valence-electron chi connectivity index (χ3n) is 1.58. The zero-order chi connectivity index (χ0) is 9.19. The first-order chi connectivity index (χ1) is 5.61. The predicted molar refractivity (Wildman–Crippen MR) is 37.3 cm³/mol. The maximum absolute atomic E-state index is 12.4. The van der Waals surface area contributed by atoms with Crippen LogP contribution >= 0.6 is 0 Å². The molecule has 5 nitrogen and oxygen atoms in total. The van der Waals surface area contributed by atoms with Gasteiger partial charge in [0.1, 0.15) is 6.67 Å². The first kappa shape index (κ1) is 8.63. The highest BCUT2D eigenvalue weighted by Crippen LogP contribution is 2.13. The van der Waals surface area contributed by atoms with Crippen molar-refractivity contribution >= 4 is 5.97 Å². The molecule has 0 fully saturated rings. The number of aromatic nitrogens is 3. The molecule has 6 heteroatoms. The van der Waals surface area contributed by atoms with Gasteiger partial charge in [-0.3, -0.25) is 0 Å². The average Bonchev–Trinajstić information content (AvgIpc) is 2.54. The average molecular weight is 173 g/mol. The highest BCUT2D eigenvalue weighted by atomic mass is 19.1. The number of hydrogen-bond donors (Lipinski definition) is 1. The van der Waals surface area contributed by atoms with Crippen LogP contribution in [-0.2, 0) is 10.3 Å². The number of carboxylic acids is 1. The van der Waals surface area contributed by atoms with Gasteiger partial charge in [-0.15, -0.1) is 0 Å². The molecule has 1 unspecified atom stereocenters. The zero-order valence-electron chi connectivity index (χ0n) is 6.44. The van der Waals surface area contributed by atoms with Crippen molar-refractivity contribution in [3.63, 3.8) is 0 Å². The van der Waals surface area contributed by atoms with Gasteiger partial charge in [0.15, 0.2) is 0 Å². The highest BCUT2D eigenvalue weighted by molar-refractivity contribution is 5.76. The van der Waals surface area contributed by atoms with Crippen molar-refractivity contribution in [1.29, 1.82) is 0 Å². The molecule has 1 aromatic rings. The summed E-state index contributed by atoms with van der Waals surface area (Å²) in [6, 6.07) is 0. The molecule has 0 aromatic carbocycles. The quantitative estimate of drug-likeness (QED) is 0.701. The third kappa shape index (κ3) is 1.15. The highest BCUT2D eigenvalue weighted by Gasteiger charge is 2.37. The summed E-state index contributed by atoms with van der Waals surface area (Å²) in [6.07, 6.45) is 2.60. The second-order valence-corrected chi connectivity index (χ2v) is 2.53. The Kier molecular flexibility index (Phi) is 2.07. The Morgan fingerprint density at radius 2 is 2.17 bits per heavy atom. The number of rotatable bonds is 3. The van der Waals surface area contributed by atoms with Crippen LogP contribution in [0.2, 0.25) is 0 Å². The predicted octanol–water partition coefficient (Wildman–Crippen LogP) is 0.0474. The van der Waals surface area contributed by atoms with Gasteiger partial charge < -0.3 is 5.11 Å². The van der Waals surface area contributed by atoms with E-state index in [1.54, 1.807) is 0 Å². The molecule has 0 amide bonds. The lowest BCUT2D eigenvalue weighted by molar-refractivity contribution is -0.148. The van der Waals surface area contributed by atoms with E-state index in [0.29, 0.717) is 0 Å². The molecule has 66 valence electrons. The number of carbonyl (C=O) groups is 1. The smallest absolute Gasteiger partial charge is 0.336 e. The van der Waals surface area contributed by atoms with E-state index in [1.165, 1.54) is 19.3 Å². The van der Waals surface area contributed by atoms with E-state index < -0.39 is 18.2 Å². The summed E-state index contributed by atoms with van der Waals surface area (Å²) in [6.45, 7) is 0.173. The Morgan fingerprint density at radius 1 is 1.67 bits per heavy atom. The van der Waals surface area contributed by atoms with E-state index in [-0.39, 0.29) is 0 Å². The molecule has 1 N–H and O–H groups in total. The van der Waals surface area contributed by atoms with Crippen LogP contribution in [-0.4, -0.2) is 32.7 Å². The number of halogens is 1. The molecule has 0 aliphatic heterocycles. The molecule has 12 heavy (non-hydrogen) atoms. The van der Waals surface area contributed by atoms with Gasteiger partial charge in [0.2, 0.25) is 5.54 Å². The van der Waals surface area contributed by atoms with Crippen LogP contribution in [0.4, 0.5) is 4.39 Å². The maximum atomic E-state index is 12.4. The van der Waals surface area contributed by atoms with Crippen LogP contribution in [0.5, 0.6) is 0 Å². The summed E-state index contributed by atoms with van der Waals surface area (Å²) >= 11 is 0. The van der Waals surface area contributed by atoms with Crippen molar-refractivity contribution in [1.82, 2.24) is 15.0 Å². The summed E-state index contributed by atoms with van der Waals surface area (Å²) in [5.41, 5.74) is -1.69. The maximum Gasteiger partial charge on any atom is 0.336 e. The molecule has 0 aliphatic rings. The van der Waals surface area contributed by atoms with Gasteiger partial charge in [0, 0.05) is 0 Å². The van der Waals surface area contributed by atoms with E-state index in [1.807, 2.05) is 0 Å². The number of alkyl halides is 1. The molecular weight excluding hydrogens is 165 g/mol. The van der Waals surface area contributed by atoms with Gasteiger partial charge in [-0.1, -0.05) is 0 Å². The largest absolute Gasteiger partial charge is 0.479 e. The number of hydrogen-bond acceptors (Lipinski definition) is 3. The van der Waals surface area contributed by atoms with Crippen LogP contribution in [0, 0.1) is 0 Å². The summed E-state index contributed by atoms with van der Waals surface area (Å²) in [4.78, 5) is 11.5. The van der Waals surface area contributed by atoms with Gasteiger partial charge in [-0.2, -0.15) is 15.0 Å². The van der Waals surface area contributed by atoms with Crippen LogP contribution in [0.25, 0.3) is 0 Å². The van der Waals surface area contributed by atoms with Crippen LogP contribution in [0.15, 0.2) is 12.4 Å². The SMILES string of the molecule is CC(CF)(C(=O)O)n1nccn1. The van der Waals surface area contributed by atoms with Gasteiger partial charge in [0.05, 0.1) is 12.4 Å². The summed E-state index contributed by atoms with van der Waals surface area (Å²) in [5, 5.41) is 15.8. The lowest BCUT2D eigenvalue weighted by atomic mass is 10.1. The van der Waals surface area contributed by atoms with Crippen molar-refractivity contribution in [3.05, 3.63) is 12.4 Å². The van der Waals surface area contributed by atoms with Gasteiger partial charge in [-0.25, -0.2) is 9.18 Å². The van der Waals surface area contributed by atoms with Crippen molar-refractivity contribution in [2.45, 2.75) is 12.5 Å². The molecule has 1 rings (SSSR count). The zero-order valence-corrected chi connectivity index (χ0v) is 6.44. The van der Waals surface area contributed by atoms with Crippen molar-refractivity contribution in [2.24, 2.45) is 0 Å². The van der Waals surface area contributed by atoms with Gasteiger partial charge in [0.25, 0.3) is 0 Å². The van der Waals surface area contributed by atoms with Crippen LogP contribution < -0.4 is 0 Å². The Bertz CT molecular complexity index is 274. The van der Waals surface area contributed by atoms with Gasteiger partial charge >= 0.3 is 5.97 Å². The van der Waals surface area contributed by atoms with E-state index in [4.69, 9.17) is 5.11 Å². The molecule has 0 aliphatic carbocycles. The number of aliphatic carboxylic acids is 1. The van der Waals surface area contributed by atoms with Crippen LogP contribution in [0.3, 0.4) is 0 Å². The Balaban J connectivity index is 3.04. The fourth-order valence-electron chi connectivity index (χ4n) is 0.667. The normalized spacial score (nSPS) is 15.5. The molecule has 0 bridgehead atoms. The van der Waals surface area contributed by atoms with Crippen LogP contribution in [0.1, 0.15) is 6.92 Å². The molecule has 0 saturated heterocycles. The fraction of sp³-hybridized carbons (Fsp3) is 0.500. The van der Waals surface area contributed by atoms with Crippen molar-refractivity contribution in [3.8, 4) is 0 Å². The Morgan fingerprint density at radius 3 is 2.50 bits per heavy atom.